The smallest absolute Gasteiger partial charge is 0.168 e. The highest BCUT2D eigenvalue weighted by Gasteiger charge is 2.50. The van der Waals surface area contributed by atoms with Crippen LogP contribution in [0.15, 0.2) is 23.6 Å². The molecule has 0 aromatic carbocycles. The Morgan fingerprint density at radius 2 is 1.83 bits per heavy atom. The Balaban J connectivity index is 1.40. The highest BCUT2D eigenvalue weighted by atomic mass is 35.5. The first-order chi connectivity index (χ1) is 11.2. The van der Waals surface area contributed by atoms with Crippen molar-refractivity contribution in [2.75, 3.05) is 13.2 Å². The zero-order chi connectivity index (χ0) is 15.8. The number of ether oxygens (including phenoxy) is 2. The number of aromatic nitrogens is 1. The average Bonchev–Trinajstić information content (AvgIpc) is 3.17. The number of halogens is 1. The van der Waals surface area contributed by atoms with Crippen LogP contribution >= 0.6 is 11.6 Å². The van der Waals surface area contributed by atoms with Gasteiger partial charge in [0.25, 0.3) is 0 Å². The Morgan fingerprint density at radius 3 is 2.57 bits per heavy atom. The average molecular weight is 333 g/mol. The molecule has 5 nitrogen and oxygen atoms in total. The zero-order valence-corrected chi connectivity index (χ0v) is 13.4. The maximum absolute atomic E-state index is 5.91. The first-order valence-corrected chi connectivity index (χ1v) is 8.21. The SMILES string of the molecule is Clc1cncc(C#CC2=NOC3(CCC4(CC3)OCCO4)C2)c1. The predicted octanol–water partition coefficient (Wildman–Crippen LogP) is 2.92. The van der Waals surface area contributed by atoms with Crippen molar-refractivity contribution in [2.24, 2.45) is 5.16 Å². The molecule has 2 spiro atoms. The van der Waals surface area contributed by atoms with Gasteiger partial charge in [-0.2, -0.15) is 0 Å². The standard InChI is InChI=1S/C17H17ClN2O3/c18-14-9-13(11-19-12-14)1-2-15-10-16(23-20-15)3-5-17(6-4-16)21-7-8-22-17/h9,11-12H,3-8,10H2. The summed E-state index contributed by atoms with van der Waals surface area (Å²) in [6.45, 7) is 1.38. The van der Waals surface area contributed by atoms with Crippen molar-refractivity contribution in [3.8, 4) is 11.8 Å². The molecular weight excluding hydrogens is 316 g/mol. The molecule has 1 aromatic heterocycles. The van der Waals surface area contributed by atoms with E-state index in [0.29, 0.717) is 18.2 Å². The highest BCUT2D eigenvalue weighted by Crippen LogP contribution is 2.45. The third-order valence-corrected chi connectivity index (χ3v) is 4.84. The maximum Gasteiger partial charge on any atom is 0.168 e. The van der Waals surface area contributed by atoms with Crippen LogP contribution in [0.1, 0.15) is 37.7 Å². The molecular formula is C17H17ClN2O3. The topological polar surface area (TPSA) is 52.9 Å². The van der Waals surface area contributed by atoms with Crippen molar-refractivity contribution in [1.29, 1.82) is 0 Å². The van der Waals surface area contributed by atoms with Crippen LogP contribution in [0.25, 0.3) is 0 Å². The Morgan fingerprint density at radius 1 is 1.04 bits per heavy atom. The quantitative estimate of drug-likeness (QED) is 0.685. The third kappa shape index (κ3) is 3.07. The molecule has 0 bridgehead atoms. The Bertz CT molecular complexity index is 691. The molecule has 1 aromatic rings. The van der Waals surface area contributed by atoms with E-state index in [1.54, 1.807) is 18.5 Å². The zero-order valence-electron chi connectivity index (χ0n) is 12.7. The number of oxime groups is 1. The summed E-state index contributed by atoms with van der Waals surface area (Å²) in [7, 11) is 0. The van der Waals surface area contributed by atoms with Crippen LogP contribution < -0.4 is 0 Å². The van der Waals surface area contributed by atoms with Gasteiger partial charge >= 0.3 is 0 Å². The summed E-state index contributed by atoms with van der Waals surface area (Å²) in [5.74, 6) is 5.73. The minimum Gasteiger partial charge on any atom is -0.388 e. The van der Waals surface area contributed by atoms with Gasteiger partial charge < -0.3 is 14.3 Å². The molecule has 0 amide bonds. The van der Waals surface area contributed by atoms with Gasteiger partial charge in [-0.3, -0.25) is 4.98 Å². The summed E-state index contributed by atoms with van der Waals surface area (Å²) in [6.07, 6.45) is 7.46. The van der Waals surface area contributed by atoms with E-state index < -0.39 is 0 Å². The molecule has 1 aliphatic carbocycles. The first-order valence-electron chi connectivity index (χ1n) is 7.83. The summed E-state index contributed by atoms with van der Waals surface area (Å²) >= 11 is 5.91. The molecule has 1 saturated carbocycles. The summed E-state index contributed by atoms with van der Waals surface area (Å²) in [5, 5.41) is 4.75. The van der Waals surface area contributed by atoms with Crippen LogP contribution in [0.3, 0.4) is 0 Å². The molecule has 0 unspecified atom stereocenters. The van der Waals surface area contributed by atoms with Crippen LogP contribution in [-0.4, -0.2) is 35.3 Å². The van der Waals surface area contributed by atoms with E-state index in [0.717, 1.165) is 43.4 Å². The highest BCUT2D eigenvalue weighted by molar-refractivity contribution is 6.30. The van der Waals surface area contributed by atoms with Gasteiger partial charge in [-0.15, -0.1) is 0 Å². The minimum absolute atomic E-state index is 0.239. The van der Waals surface area contributed by atoms with Gasteiger partial charge in [0.05, 0.1) is 18.2 Å². The second-order valence-electron chi connectivity index (χ2n) is 6.24. The summed E-state index contributed by atoms with van der Waals surface area (Å²) < 4.78 is 11.5. The van der Waals surface area contributed by atoms with Crippen molar-refractivity contribution in [3.05, 3.63) is 29.0 Å². The van der Waals surface area contributed by atoms with Gasteiger partial charge in [0.1, 0.15) is 11.3 Å². The molecule has 23 heavy (non-hydrogen) atoms. The second kappa shape index (κ2) is 5.79. The van der Waals surface area contributed by atoms with Crippen molar-refractivity contribution >= 4 is 17.3 Å². The molecule has 120 valence electrons. The molecule has 2 fully saturated rings. The summed E-state index contributed by atoms with van der Waals surface area (Å²) in [4.78, 5) is 9.76. The minimum atomic E-state index is -0.379. The molecule has 0 atom stereocenters. The van der Waals surface area contributed by atoms with E-state index >= 15 is 0 Å². The van der Waals surface area contributed by atoms with Crippen LogP contribution in [0.5, 0.6) is 0 Å². The largest absolute Gasteiger partial charge is 0.388 e. The van der Waals surface area contributed by atoms with E-state index in [9.17, 15) is 0 Å². The Hall–Kier alpha value is -1.61. The van der Waals surface area contributed by atoms with E-state index in [2.05, 4.69) is 22.0 Å². The summed E-state index contributed by atoms with van der Waals surface area (Å²) in [6, 6.07) is 1.78. The van der Waals surface area contributed by atoms with Gasteiger partial charge in [-0.25, -0.2) is 0 Å². The molecule has 3 heterocycles. The van der Waals surface area contributed by atoms with Crippen LogP contribution in [0.2, 0.25) is 5.02 Å². The van der Waals surface area contributed by atoms with E-state index in [4.69, 9.17) is 25.9 Å². The second-order valence-corrected chi connectivity index (χ2v) is 6.67. The lowest BCUT2D eigenvalue weighted by Crippen LogP contribution is -2.43. The number of rotatable bonds is 0. The third-order valence-electron chi connectivity index (χ3n) is 4.63. The maximum atomic E-state index is 5.91. The monoisotopic (exact) mass is 332 g/mol. The molecule has 4 rings (SSSR count). The molecule has 6 heteroatoms. The van der Waals surface area contributed by atoms with Crippen molar-refractivity contribution in [1.82, 2.24) is 4.98 Å². The number of nitrogens with zero attached hydrogens (tertiary/aromatic N) is 2. The van der Waals surface area contributed by atoms with E-state index in [1.165, 1.54) is 0 Å². The van der Waals surface area contributed by atoms with Crippen molar-refractivity contribution in [2.45, 2.75) is 43.5 Å². The lowest BCUT2D eigenvalue weighted by molar-refractivity contribution is -0.206. The van der Waals surface area contributed by atoms with Gasteiger partial charge in [-0.1, -0.05) is 22.7 Å². The number of pyridine rings is 1. The van der Waals surface area contributed by atoms with E-state index in [1.807, 2.05) is 0 Å². The van der Waals surface area contributed by atoms with Crippen molar-refractivity contribution in [3.63, 3.8) is 0 Å². The van der Waals surface area contributed by atoms with Gasteiger partial charge in [0, 0.05) is 37.2 Å². The lowest BCUT2D eigenvalue weighted by atomic mass is 9.78. The lowest BCUT2D eigenvalue weighted by Gasteiger charge is -2.39. The first kappa shape index (κ1) is 14.9. The Labute approximate surface area is 140 Å². The van der Waals surface area contributed by atoms with Crippen molar-refractivity contribution < 1.29 is 14.3 Å². The fourth-order valence-electron chi connectivity index (χ4n) is 3.35. The van der Waals surface area contributed by atoms with Gasteiger partial charge in [0.2, 0.25) is 0 Å². The number of hydrogen-bond acceptors (Lipinski definition) is 5. The Kier molecular flexibility index (Phi) is 3.76. The molecule has 3 aliphatic rings. The van der Waals surface area contributed by atoms with E-state index in [-0.39, 0.29) is 11.4 Å². The molecule has 2 aliphatic heterocycles. The fourth-order valence-corrected chi connectivity index (χ4v) is 3.53. The molecule has 0 N–H and O–H groups in total. The summed E-state index contributed by atoms with van der Waals surface area (Å²) in [5.41, 5.74) is 1.31. The predicted molar refractivity (Wildman–Crippen MR) is 85.1 cm³/mol. The normalized spacial score (nSPS) is 24.1. The van der Waals surface area contributed by atoms with Gasteiger partial charge in [0.15, 0.2) is 5.79 Å². The fraction of sp³-hybridized carbons (Fsp3) is 0.529. The van der Waals surface area contributed by atoms with Crippen LogP contribution in [-0.2, 0) is 14.3 Å². The van der Waals surface area contributed by atoms with Crippen LogP contribution in [0.4, 0.5) is 0 Å². The van der Waals surface area contributed by atoms with Crippen LogP contribution in [0, 0.1) is 11.8 Å². The number of hydrogen-bond donors (Lipinski definition) is 0. The molecule has 0 radical (unpaired) electrons. The molecule has 1 saturated heterocycles. The van der Waals surface area contributed by atoms with Gasteiger partial charge in [-0.05, 0) is 24.8 Å².